The highest BCUT2D eigenvalue weighted by atomic mass is 16.2. The van der Waals surface area contributed by atoms with Crippen LogP contribution in [0, 0.1) is 11.3 Å². The lowest BCUT2D eigenvalue weighted by Gasteiger charge is -2.32. The third-order valence-electron chi connectivity index (χ3n) is 3.97. The van der Waals surface area contributed by atoms with E-state index >= 15 is 0 Å². The van der Waals surface area contributed by atoms with E-state index in [1.165, 1.54) is 6.42 Å². The molecule has 1 aliphatic heterocycles. The molecule has 1 saturated heterocycles. The highest BCUT2D eigenvalue weighted by molar-refractivity contribution is 5.73. The van der Waals surface area contributed by atoms with E-state index in [1.54, 1.807) is 6.92 Å². The fourth-order valence-corrected chi connectivity index (χ4v) is 2.19. The first-order valence-corrected chi connectivity index (χ1v) is 5.71. The van der Waals surface area contributed by atoms with Gasteiger partial charge in [0.25, 0.3) is 0 Å². The van der Waals surface area contributed by atoms with Gasteiger partial charge in [-0.15, -0.1) is 0 Å². The Hall–Kier alpha value is -0.530. The van der Waals surface area contributed by atoms with Gasteiger partial charge in [-0.1, -0.05) is 20.8 Å². The third kappa shape index (κ3) is 2.49. The molecule has 2 heteroatoms. The molecule has 1 atom stereocenters. The van der Waals surface area contributed by atoms with Gasteiger partial charge in [-0.3, -0.25) is 4.79 Å². The van der Waals surface area contributed by atoms with Crippen molar-refractivity contribution >= 4 is 5.91 Å². The molecule has 0 aromatic rings. The summed E-state index contributed by atoms with van der Waals surface area (Å²) in [7, 11) is 0. The van der Waals surface area contributed by atoms with Crippen LogP contribution < -0.4 is 0 Å². The van der Waals surface area contributed by atoms with Gasteiger partial charge < -0.3 is 4.90 Å². The van der Waals surface area contributed by atoms with Crippen LogP contribution in [0.25, 0.3) is 0 Å². The van der Waals surface area contributed by atoms with Crippen molar-refractivity contribution in [1.82, 2.24) is 4.90 Å². The maximum Gasteiger partial charge on any atom is 0.219 e. The Morgan fingerprint density at radius 2 is 1.93 bits per heavy atom. The van der Waals surface area contributed by atoms with Crippen molar-refractivity contribution in [2.45, 2.75) is 47.0 Å². The number of amides is 1. The third-order valence-corrected chi connectivity index (χ3v) is 3.97. The van der Waals surface area contributed by atoms with Crippen molar-refractivity contribution in [3.8, 4) is 0 Å². The second kappa shape index (κ2) is 4.33. The summed E-state index contributed by atoms with van der Waals surface area (Å²) in [5.74, 6) is 0.951. The summed E-state index contributed by atoms with van der Waals surface area (Å²) >= 11 is 0. The predicted molar refractivity (Wildman–Crippen MR) is 59.1 cm³/mol. The van der Waals surface area contributed by atoms with Gasteiger partial charge in [-0.2, -0.15) is 0 Å². The summed E-state index contributed by atoms with van der Waals surface area (Å²) in [5.41, 5.74) is 0.435. The van der Waals surface area contributed by atoms with Gasteiger partial charge in [0.1, 0.15) is 0 Å². The minimum absolute atomic E-state index is 0.234. The van der Waals surface area contributed by atoms with E-state index in [-0.39, 0.29) is 5.91 Å². The lowest BCUT2D eigenvalue weighted by atomic mass is 9.73. The van der Waals surface area contributed by atoms with Gasteiger partial charge in [-0.05, 0) is 30.6 Å². The Morgan fingerprint density at radius 1 is 1.29 bits per heavy atom. The van der Waals surface area contributed by atoms with Crippen LogP contribution in [0.3, 0.4) is 0 Å². The summed E-state index contributed by atoms with van der Waals surface area (Å²) in [4.78, 5) is 13.3. The molecular weight excluding hydrogens is 174 g/mol. The van der Waals surface area contributed by atoms with Gasteiger partial charge in [0.2, 0.25) is 5.91 Å². The molecule has 1 unspecified atom stereocenters. The second-order valence-corrected chi connectivity index (χ2v) is 5.17. The fourth-order valence-electron chi connectivity index (χ4n) is 2.19. The Labute approximate surface area is 87.7 Å². The topological polar surface area (TPSA) is 20.3 Å². The average Bonchev–Trinajstić information content (AvgIpc) is 2.28. The molecule has 1 rings (SSSR count). The maximum atomic E-state index is 11.3. The summed E-state index contributed by atoms with van der Waals surface area (Å²) in [6, 6.07) is 0. The predicted octanol–water partition coefficient (Wildman–Crippen LogP) is 2.68. The van der Waals surface area contributed by atoms with E-state index in [0.717, 1.165) is 31.8 Å². The normalized spacial score (nSPS) is 29.1. The maximum absolute atomic E-state index is 11.3. The fraction of sp³-hybridized carbons (Fsp3) is 0.917. The van der Waals surface area contributed by atoms with Crippen molar-refractivity contribution < 1.29 is 4.79 Å². The van der Waals surface area contributed by atoms with Gasteiger partial charge in [0, 0.05) is 20.0 Å². The van der Waals surface area contributed by atoms with Gasteiger partial charge in [-0.25, -0.2) is 0 Å². The average molecular weight is 197 g/mol. The lowest BCUT2D eigenvalue weighted by molar-refractivity contribution is -0.128. The molecule has 1 aliphatic rings. The number of carbonyl (C=O) groups is 1. The molecule has 0 radical (unpaired) electrons. The highest BCUT2D eigenvalue weighted by Gasteiger charge is 2.31. The number of nitrogens with zero attached hydrogens (tertiary/aromatic N) is 1. The zero-order valence-corrected chi connectivity index (χ0v) is 9.97. The Kier molecular flexibility index (Phi) is 3.57. The highest BCUT2D eigenvalue weighted by Crippen LogP contribution is 2.37. The van der Waals surface area contributed by atoms with Crippen molar-refractivity contribution in [1.29, 1.82) is 0 Å². The van der Waals surface area contributed by atoms with Gasteiger partial charge in [0.15, 0.2) is 0 Å². The van der Waals surface area contributed by atoms with E-state index in [1.807, 2.05) is 4.90 Å². The lowest BCUT2D eigenvalue weighted by Crippen LogP contribution is -2.31. The zero-order chi connectivity index (χ0) is 10.8. The number of hydrogen-bond donors (Lipinski definition) is 0. The largest absolute Gasteiger partial charge is 0.343 e. The number of rotatable bonds is 1. The van der Waals surface area contributed by atoms with Crippen molar-refractivity contribution in [3.63, 3.8) is 0 Å². The summed E-state index contributed by atoms with van der Waals surface area (Å²) < 4.78 is 0. The molecule has 1 heterocycles. The quantitative estimate of drug-likeness (QED) is 0.633. The molecule has 0 aromatic carbocycles. The smallest absolute Gasteiger partial charge is 0.219 e. The molecule has 2 nitrogen and oxygen atoms in total. The standard InChI is InChI=1S/C12H23NO/c1-10(2)12(4)6-5-8-13(9-7-12)11(3)14/h10H,5-9H2,1-4H3. The van der Waals surface area contributed by atoms with Crippen LogP contribution in [0.1, 0.15) is 47.0 Å². The molecule has 0 spiro atoms. The van der Waals surface area contributed by atoms with Crippen molar-refractivity contribution in [3.05, 3.63) is 0 Å². The van der Waals surface area contributed by atoms with Crippen LogP contribution in [0.15, 0.2) is 0 Å². The first kappa shape index (κ1) is 11.5. The first-order chi connectivity index (χ1) is 6.46. The van der Waals surface area contributed by atoms with Crippen LogP contribution in [0.5, 0.6) is 0 Å². The van der Waals surface area contributed by atoms with E-state index in [0.29, 0.717) is 5.41 Å². The molecular formula is C12H23NO. The van der Waals surface area contributed by atoms with Crippen LogP contribution in [0.2, 0.25) is 0 Å². The first-order valence-electron chi connectivity index (χ1n) is 5.71. The van der Waals surface area contributed by atoms with Crippen molar-refractivity contribution in [2.24, 2.45) is 11.3 Å². The number of likely N-dealkylation sites (tertiary alicyclic amines) is 1. The molecule has 82 valence electrons. The molecule has 0 aromatic heterocycles. The Morgan fingerprint density at radius 3 is 2.43 bits per heavy atom. The van der Waals surface area contributed by atoms with E-state index in [9.17, 15) is 4.79 Å². The Bertz CT molecular complexity index is 212. The van der Waals surface area contributed by atoms with E-state index in [4.69, 9.17) is 0 Å². The SMILES string of the molecule is CC(=O)N1CCCC(C)(C(C)C)CC1. The number of hydrogen-bond acceptors (Lipinski definition) is 1. The Balaban J connectivity index is 2.60. The van der Waals surface area contributed by atoms with Gasteiger partial charge in [0.05, 0.1) is 0 Å². The molecule has 0 bridgehead atoms. The summed E-state index contributed by atoms with van der Waals surface area (Å²) in [6.07, 6.45) is 3.58. The molecule has 0 N–H and O–H groups in total. The zero-order valence-electron chi connectivity index (χ0n) is 9.97. The molecule has 0 saturated carbocycles. The number of carbonyl (C=O) groups excluding carboxylic acids is 1. The molecule has 0 aliphatic carbocycles. The van der Waals surface area contributed by atoms with E-state index < -0.39 is 0 Å². The second-order valence-electron chi connectivity index (χ2n) is 5.17. The monoisotopic (exact) mass is 197 g/mol. The minimum Gasteiger partial charge on any atom is -0.343 e. The van der Waals surface area contributed by atoms with Crippen LogP contribution in [0.4, 0.5) is 0 Å². The summed E-state index contributed by atoms with van der Waals surface area (Å²) in [5, 5.41) is 0. The molecule has 1 fully saturated rings. The molecule has 1 amide bonds. The van der Waals surface area contributed by atoms with Crippen LogP contribution in [-0.4, -0.2) is 23.9 Å². The van der Waals surface area contributed by atoms with Crippen LogP contribution in [-0.2, 0) is 4.79 Å². The van der Waals surface area contributed by atoms with Gasteiger partial charge >= 0.3 is 0 Å². The summed E-state index contributed by atoms with van der Waals surface area (Å²) in [6.45, 7) is 10.5. The minimum atomic E-state index is 0.234. The van der Waals surface area contributed by atoms with Crippen molar-refractivity contribution in [2.75, 3.05) is 13.1 Å². The van der Waals surface area contributed by atoms with E-state index in [2.05, 4.69) is 20.8 Å². The molecule has 14 heavy (non-hydrogen) atoms. The van der Waals surface area contributed by atoms with Crippen LogP contribution >= 0.6 is 0 Å².